The summed E-state index contributed by atoms with van der Waals surface area (Å²) in [5, 5.41) is 10.5. The van der Waals surface area contributed by atoms with Crippen molar-refractivity contribution in [3.05, 3.63) is 35.9 Å². The summed E-state index contributed by atoms with van der Waals surface area (Å²) in [6.07, 6.45) is 10.9. The Kier molecular flexibility index (Phi) is 8.36. The van der Waals surface area contributed by atoms with Gasteiger partial charge >= 0.3 is 5.97 Å². The summed E-state index contributed by atoms with van der Waals surface area (Å²) < 4.78 is 6.49. The summed E-state index contributed by atoms with van der Waals surface area (Å²) in [6, 6.07) is 9.45. The highest BCUT2D eigenvalue weighted by Gasteiger charge is 2.64. The fourth-order valence-corrected chi connectivity index (χ4v) is 10.3. The summed E-state index contributed by atoms with van der Waals surface area (Å²) in [5.41, 5.74) is 1.08. The topological polar surface area (TPSA) is 63.6 Å². The third-order valence-electron chi connectivity index (χ3n) is 12.6. The molecule has 1 N–H and O–H groups in total. The van der Waals surface area contributed by atoms with Gasteiger partial charge in [-0.1, -0.05) is 52.8 Å². The van der Waals surface area contributed by atoms with E-state index < -0.39 is 0 Å². The summed E-state index contributed by atoms with van der Waals surface area (Å²) in [5.74, 6) is 3.51. The quantitative estimate of drug-likeness (QED) is 0.343. The number of ether oxygens (including phenoxy) is 1. The molecule has 8 unspecified atom stereocenters. The lowest BCUT2D eigenvalue weighted by molar-refractivity contribution is -0.173. The van der Waals surface area contributed by atoms with E-state index in [1.807, 2.05) is 30.3 Å². The van der Waals surface area contributed by atoms with Crippen LogP contribution in [0.2, 0.25) is 0 Å². The van der Waals surface area contributed by atoms with Crippen molar-refractivity contribution in [3.63, 3.8) is 0 Å². The van der Waals surface area contributed by atoms with E-state index in [0.717, 1.165) is 25.7 Å². The third kappa shape index (κ3) is 5.13. The number of aliphatic hydroxyl groups excluding tert-OH is 1. The highest BCUT2D eigenvalue weighted by Crippen LogP contribution is 2.69. The maximum Gasteiger partial charge on any atom is 0.338 e. The van der Waals surface area contributed by atoms with Gasteiger partial charge in [0.2, 0.25) is 0 Å². The van der Waals surface area contributed by atoms with E-state index in [-0.39, 0.29) is 29.0 Å². The summed E-state index contributed by atoms with van der Waals surface area (Å²) in [7, 11) is 0. The number of rotatable bonds is 8. The van der Waals surface area contributed by atoms with Gasteiger partial charge in [0.05, 0.1) is 11.7 Å². The van der Waals surface area contributed by atoms with Crippen LogP contribution < -0.4 is 0 Å². The van der Waals surface area contributed by atoms with E-state index in [2.05, 4.69) is 34.6 Å². The molecular weight excluding hydrogens is 484 g/mol. The number of ketones is 1. The van der Waals surface area contributed by atoms with E-state index in [4.69, 9.17) is 4.74 Å². The van der Waals surface area contributed by atoms with Crippen molar-refractivity contribution < 1.29 is 19.4 Å². The molecule has 0 aliphatic heterocycles. The van der Waals surface area contributed by atoms with Crippen molar-refractivity contribution in [1.82, 2.24) is 0 Å². The molecule has 0 bridgehead atoms. The van der Waals surface area contributed by atoms with E-state index in [1.54, 1.807) is 0 Å². The second kappa shape index (κ2) is 11.3. The Morgan fingerprint density at radius 3 is 2.49 bits per heavy atom. The average Bonchev–Trinajstić information content (AvgIpc) is 3.33. The van der Waals surface area contributed by atoms with Crippen molar-refractivity contribution in [2.75, 3.05) is 0 Å². The SMILES string of the molecule is CCC12CCC3C(C1CCC2C(C)CCC(O)C(C)C)[C@H](OC(=O)c1ccccc1)C[C@H]1CC(=O)CCC31C. The first-order valence-corrected chi connectivity index (χ1v) is 16.1. The van der Waals surface area contributed by atoms with Crippen molar-refractivity contribution in [2.45, 2.75) is 117 Å². The van der Waals surface area contributed by atoms with Gasteiger partial charge in [-0.2, -0.15) is 0 Å². The molecule has 4 heteroatoms. The van der Waals surface area contributed by atoms with Crippen molar-refractivity contribution in [1.29, 1.82) is 0 Å². The fraction of sp³-hybridized carbons (Fsp3) is 0.771. The Morgan fingerprint density at radius 2 is 1.79 bits per heavy atom. The first-order chi connectivity index (χ1) is 18.6. The van der Waals surface area contributed by atoms with Crippen molar-refractivity contribution in [3.8, 4) is 0 Å². The van der Waals surface area contributed by atoms with Crippen LogP contribution in [0.25, 0.3) is 0 Å². The molecule has 1 aromatic carbocycles. The second-order valence-corrected chi connectivity index (χ2v) is 14.5. The molecule has 5 rings (SSSR count). The smallest absolute Gasteiger partial charge is 0.338 e. The number of carbonyl (C=O) groups is 2. The molecule has 0 spiro atoms. The molecule has 4 aliphatic carbocycles. The lowest BCUT2D eigenvalue weighted by Gasteiger charge is -2.62. The van der Waals surface area contributed by atoms with Crippen molar-refractivity contribution >= 4 is 11.8 Å². The predicted octanol–water partition coefficient (Wildman–Crippen LogP) is 7.87. The number of carbonyl (C=O) groups excluding carboxylic acids is 2. The zero-order chi connectivity index (χ0) is 27.9. The molecule has 216 valence electrons. The zero-order valence-corrected chi connectivity index (χ0v) is 25.0. The Hall–Kier alpha value is -1.68. The molecule has 4 aliphatic rings. The number of Topliss-reactive ketones (excluding diaryl/α,β-unsaturated/α-hetero) is 1. The van der Waals surface area contributed by atoms with Gasteiger partial charge in [-0.15, -0.1) is 0 Å². The number of esters is 1. The van der Waals surface area contributed by atoms with Gasteiger partial charge in [0.25, 0.3) is 0 Å². The first kappa shape index (κ1) is 28.8. The van der Waals surface area contributed by atoms with E-state index in [1.165, 1.54) is 32.1 Å². The maximum absolute atomic E-state index is 13.4. The predicted molar refractivity (Wildman–Crippen MR) is 155 cm³/mol. The molecule has 39 heavy (non-hydrogen) atoms. The highest BCUT2D eigenvalue weighted by molar-refractivity contribution is 5.89. The van der Waals surface area contributed by atoms with Gasteiger partial charge < -0.3 is 9.84 Å². The third-order valence-corrected chi connectivity index (χ3v) is 12.6. The molecule has 0 aromatic heterocycles. The highest BCUT2D eigenvalue weighted by atomic mass is 16.5. The number of benzene rings is 1. The molecule has 0 saturated heterocycles. The Labute approximate surface area is 236 Å². The van der Waals surface area contributed by atoms with Crippen LogP contribution in [0.1, 0.15) is 116 Å². The number of hydrogen-bond acceptors (Lipinski definition) is 4. The second-order valence-electron chi connectivity index (χ2n) is 14.5. The van der Waals surface area contributed by atoms with Gasteiger partial charge in [-0.3, -0.25) is 4.79 Å². The van der Waals surface area contributed by atoms with Crippen molar-refractivity contribution in [2.24, 2.45) is 52.3 Å². The molecule has 0 radical (unpaired) electrons. The van der Waals surface area contributed by atoms with Crippen LogP contribution in [0.5, 0.6) is 0 Å². The maximum atomic E-state index is 13.4. The van der Waals surface area contributed by atoms with Gasteiger partial charge in [0.1, 0.15) is 11.9 Å². The standard InChI is InChI=1S/C35H52O4/c1-6-35-19-17-28-32(29(35)14-13-27(35)23(4)12-15-30(37)22(2)3)31(39-33(38)24-10-8-7-9-11-24)21-25-20-26(36)16-18-34(25,28)5/h7-11,22-23,25,27-32,37H,6,12-21H2,1-5H3/t23?,25-,27?,28?,29?,30?,31-,32?,34?,35?/m1/s1. The lowest BCUT2D eigenvalue weighted by Crippen LogP contribution is -2.59. The molecular formula is C35H52O4. The first-order valence-electron chi connectivity index (χ1n) is 16.1. The van der Waals surface area contributed by atoms with Gasteiger partial charge in [-0.25, -0.2) is 4.79 Å². The minimum Gasteiger partial charge on any atom is -0.458 e. The van der Waals surface area contributed by atoms with Crippen LogP contribution in [-0.4, -0.2) is 29.1 Å². The largest absolute Gasteiger partial charge is 0.458 e. The molecule has 4 nitrogen and oxygen atoms in total. The van der Waals surface area contributed by atoms with Crippen LogP contribution in [0.4, 0.5) is 0 Å². The number of hydrogen-bond donors (Lipinski definition) is 1. The van der Waals surface area contributed by atoms with Crippen LogP contribution in [0.3, 0.4) is 0 Å². The average molecular weight is 537 g/mol. The van der Waals surface area contributed by atoms with Crippen LogP contribution in [0, 0.1) is 52.3 Å². The molecule has 4 saturated carbocycles. The fourth-order valence-electron chi connectivity index (χ4n) is 10.3. The minimum absolute atomic E-state index is 0.111. The monoisotopic (exact) mass is 536 g/mol. The summed E-state index contributed by atoms with van der Waals surface area (Å²) >= 11 is 0. The van der Waals surface area contributed by atoms with Crippen LogP contribution in [-0.2, 0) is 9.53 Å². The summed E-state index contributed by atoms with van der Waals surface area (Å²) in [4.78, 5) is 26.0. The zero-order valence-electron chi connectivity index (χ0n) is 25.0. The van der Waals surface area contributed by atoms with Gasteiger partial charge in [0, 0.05) is 18.8 Å². The van der Waals surface area contributed by atoms with Crippen LogP contribution in [0.15, 0.2) is 30.3 Å². The minimum atomic E-state index is -0.219. The van der Waals surface area contributed by atoms with Gasteiger partial charge in [-0.05, 0) is 116 Å². The van der Waals surface area contributed by atoms with E-state index >= 15 is 0 Å². The van der Waals surface area contributed by atoms with Crippen LogP contribution >= 0.6 is 0 Å². The van der Waals surface area contributed by atoms with E-state index in [9.17, 15) is 14.7 Å². The van der Waals surface area contributed by atoms with E-state index in [0.29, 0.717) is 65.6 Å². The molecule has 4 fully saturated rings. The van der Waals surface area contributed by atoms with Gasteiger partial charge in [0.15, 0.2) is 0 Å². The molecule has 10 atom stereocenters. The molecule has 0 amide bonds. The number of fused-ring (bicyclic) bond motifs is 5. The number of aliphatic hydroxyl groups is 1. The molecule has 0 heterocycles. The molecule has 1 aromatic rings. The normalized spacial score (nSPS) is 39.4. The Morgan fingerprint density at radius 1 is 1.05 bits per heavy atom. The Balaban J connectivity index is 1.44. The summed E-state index contributed by atoms with van der Waals surface area (Å²) in [6.45, 7) is 11.5. The lowest BCUT2D eigenvalue weighted by atomic mass is 9.43. The Bertz CT molecular complexity index is 1020.